The van der Waals surface area contributed by atoms with Crippen LogP contribution >= 0.6 is 27.3 Å². The third kappa shape index (κ3) is 3.15. The molecule has 0 bridgehead atoms. The molecule has 0 spiro atoms. The third-order valence-electron chi connectivity index (χ3n) is 4.06. The Hall–Kier alpha value is -0.670. The van der Waals surface area contributed by atoms with Gasteiger partial charge in [-0.25, -0.2) is 0 Å². The molecule has 1 unspecified atom stereocenters. The van der Waals surface area contributed by atoms with Crippen molar-refractivity contribution >= 4 is 27.3 Å². The highest BCUT2D eigenvalue weighted by molar-refractivity contribution is 9.09. The number of hydrogen-bond donors (Lipinski definition) is 0. The highest BCUT2D eigenvalue weighted by atomic mass is 79.9. The van der Waals surface area contributed by atoms with Crippen molar-refractivity contribution in [2.45, 2.75) is 50.3 Å². The second-order valence-corrected chi connectivity index (χ2v) is 7.87. The van der Waals surface area contributed by atoms with Gasteiger partial charge in [0.1, 0.15) is 0 Å². The number of aryl methyl sites for hydroxylation is 3. The van der Waals surface area contributed by atoms with E-state index in [1.54, 1.807) is 10.4 Å². The van der Waals surface area contributed by atoms with Gasteiger partial charge in [0.15, 0.2) is 0 Å². The number of hydrogen-bond acceptors (Lipinski definition) is 2. The molecular weight excluding hydrogens is 330 g/mol. The lowest BCUT2D eigenvalue weighted by Gasteiger charge is -2.09. The van der Waals surface area contributed by atoms with E-state index in [0.717, 1.165) is 6.42 Å². The summed E-state index contributed by atoms with van der Waals surface area (Å²) in [7, 11) is 0. The predicted molar refractivity (Wildman–Crippen MR) is 89.9 cm³/mol. The Balaban J connectivity index is 1.77. The number of pyridine rings is 1. The van der Waals surface area contributed by atoms with Crippen LogP contribution in [0.3, 0.4) is 0 Å². The highest BCUT2D eigenvalue weighted by Gasteiger charge is 2.18. The minimum atomic E-state index is 0.396. The molecule has 1 aliphatic carbocycles. The van der Waals surface area contributed by atoms with Crippen LogP contribution < -0.4 is 0 Å². The maximum atomic E-state index is 4.52. The quantitative estimate of drug-likeness (QED) is 0.534. The van der Waals surface area contributed by atoms with Gasteiger partial charge in [-0.3, -0.25) is 4.98 Å². The fourth-order valence-corrected chi connectivity index (χ4v) is 4.80. The van der Waals surface area contributed by atoms with E-state index in [1.165, 1.54) is 48.2 Å². The topological polar surface area (TPSA) is 12.9 Å². The van der Waals surface area contributed by atoms with E-state index in [1.807, 2.05) is 23.6 Å². The van der Waals surface area contributed by atoms with Crippen LogP contribution in [0.1, 0.15) is 50.7 Å². The van der Waals surface area contributed by atoms with Crippen molar-refractivity contribution < 1.29 is 0 Å². The molecule has 2 aromatic heterocycles. The van der Waals surface area contributed by atoms with Gasteiger partial charge in [0.05, 0.1) is 4.83 Å². The Labute approximate surface area is 133 Å². The number of nitrogens with zero attached hydrogens (tertiary/aromatic N) is 1. The predicted octanol–water partition coefficient (Wildman–Crippen LogP) is 5.40. The second-order valence-electron chi connectivity index (χ2n) is 5.60. The van der Waals surface area contributed by atoms with Crippen LogP contribution in [0, 0.1) is 6.92 Å². The molecule has 2 heterocycles. The normalized spacial score (nSPS) is 16.5. The molecule has 0 amide bonds. The zero-order chi connectivity index (χ0) is 13.9. The zero-order valence-electron chi connectivity index (χ0n) is 11.9. The van der Waals surface area contributed by atoms with Crippen molar-refractivity contribution in [1.82, 2.24) is 4.98 Å². The largest absolute Gasteiger partial charge is 0.261 e. The van der Waals surface area contributed by atoms with Gasteiger partial charge in [0.2, 0.25) is 0 Å². The van der Waals surface area contributed by atoms with Gasteiger partial charge in [0.25, 0.3) is 0 Å². The summed E-state index contributed by atoms with van der Waals surface area (Å²) < 4.78 is 0. The first-order chi connectivity index (χ1) is 9.74. The highest BCUT2D eigenvalue weighted by Crippen LogP contribution is 2.37. The summed E-state index contributed by atoms with van der Waals surface area (Å²) in [5, 5.41) is 0. The summed E-state index contributed by atoms with van der Waals surface area (Å²) in [6, 6.07) is 6.59. The van der Waals surface area contributed by atoms with Crippen molar-refractivity contribution in [2.24, 2.45) is 0 Å². The van der Waals surface area contributed by atoms with E-state index >= 15 is 0 Å². The zero-order valence-corrected chi connectivity index (χ0v) is 14.3. The maximum Gasteiger partial charge on any atom is 0.0544 e. The molecule has 0 fully saturated rings. The molecule has 20 heavy (non-hydrogen) atoms. The molecule has 0 saturated heterocycles. The van der Waals surface area contributed by atoms with Crippen molar-refractivity contribution in [2.75, 3.05) is 0 Å². The molecule has 0 aromatic carbocycles. The third-order valence-corrected chi connectivity index (χ3v) is 6.54. The first-order valence-electron chi connectivity index (χ1n) is 7.40. The van der Waals surface area contributed by atoms with Crippen molar-refractivity contribution in [3.8, 4) is 0 Å². The fraction of sp³-hybridized carbons (Fsp3) is 0.471. The monoisotopic (exact) mass is 349 g/mol. The lowest BCUT2D eigenvalue weighted by molar-refractivity contribution is 0.712. The van der Waals surface area contributed by atoms with Crippen molar-refractivity contribution in [3.63, 3.8) is 0 Å². The first-order valence-corrected chi connectivity index (χ1v) is 9.13. The molecule has 0 radical (unpaired) electrons. The molecule has 1 atom stereocenters. The van der Waals surface area contributed by atoms with Gasteiger partial charge < -0.3 is 0 Å². The van der Waals surface area contributed by atoms with Crippen LogP contribution in [-0.2, 0) is 19.3 Å². The Bertz CT molecular complexity index is 567. The van der Waals surface area contributed by atoms with Crippen LogP contribution in [0.4, 0.5) is 0 Å². The van der Waals surface area contributed by atoms with Gasteiger partial charge in [-0.2, -0.15) is 0 Å². The molecule has 106 valence electrons. The lowest BCUT2D eigenvalue weighted by atomic mass is 10.1. The lowest BCUT2D eigenvalue weighted by Crippen LogP contribution is -1.98. The summed E-state index contributed by atoms with van der Waals surface area (Å²) in [6.07, 6.45) is 9.53. The van der Waals surface area contributed by atoms with Gasteiger partial charge in [-0.05, 0) is 55.9 Å². The summed E-state index contributed by atoms with van der Waals surface area (Å²) in [5.74, 6) is 0. The average Bonchev–Trinajstić information content (AvgIpc) is 2.73. The average molecular weight is 350 g/mol. The second kappa shape index (κ2) is 6.40. The van der Waals surface area contributed by atoms with Crippen LogP contribution in [-0.4, -0.2) is 4.98 Å². The first kappa shape index (κ1) is 14.3. The summed E-state index contributed by atoms with van der Waals surface area (Å²) in [5.41, 5.74) is 4.10. The standard InChI is InChI=1S/C17H20BrNS/c1-12-6-5-9-19-15(12)11-14(18)17-10-13-7-3-2-4-8-16(13)20-17/h5-6,9-10,14H,2-4,7-8,11H2,1H3. The fourth-order valence-electron chi connectivity index (χ4n) is 2.85. The Morgan fingerprint density at radius 3 is 3.00 bits per heavy atom. The van der Waals surface area contributed by atoms with E-state index in [2.05, 4.69) is 40.0 Å². The Kier molecular flexibility index (Phi) is 4.57. The maximum absolute atomic E-state index is 4.52. The number of alkyl halides is 1. The number of fused-ring (bicyclic) bond motifs is 1. The van der Waals surface area contributed by atoms with E-state index in [-0.39, 0.29) is 0 Å². The van der Waals surface area contributed by atoms with Crippen LogP contribution in [0.15, 0.2) is 24.4 Å². The smallest absolute Gasteiger partial charge is 0.0544 e. The van der Waals surface area contributed by atoms with Crippen LogP contribution in [0.2, 0.25) is 0 Å². The number of rotatable bonds is 3. The van der Waals surface area contributed by atoms with Gasteiger partial charge in [-0.1, -0.05) is 28.4 Å². The summed E-state index contributed by atoms with van der Waals surface area (Å²) in [4.78, 5) is 8.01. The van der Waals surface area contributed by atoms with Crippen molar-refractivity contribution in [1.29, 1.82) is 0 Å². The minimum absolute atomic E-state index is 0.396. The van der Waals surface area contributed by atoms with Crippen LogP contribution in [0.25, 0.3) is 0 Å². The Morgan fingerprint density at radius 1 is 1.30 bits per heavy atom. The number of halogens is 1. The molecule has 1 nitrogen and oxygen atoms in total. The summed E-state index contributed by atoms with van der Waals surface area (Å²) in [6.45, 7) is 2.14. The molecule has 0 aliphatic heterocycles. The number of aromatic nitrogens is 1. The Morgan fingerprint density at radius 2 is 2.15 bits per heavy atom. The minimum Gasteiger partial charge on any atom is -0.261 e. The van der Waals surface area contributed by atoms with Gasteiger partial charge in [-0.15, -0.1) is 11.3 Å². The molecular formula is C17H20BrNS. The molecule has 3 rings (SSSR count). The van der Waals surface area contributed by atoms with Gasteiger partial charge >= 0.3 is 0 Å². The molecule has 1 aliphatic rings. The number of thiophene rings is 1. The van der Waals surface area contributed by atoms with Gasteiger partial charge in [0, 0.05) is 28.1 Å². The van der Waals surface area contributed by atoms with E-state index < -0.39 is 0 Å². The van der Waals surface area contributed by atoms with E-state index in [0.29, 0.717) is 4.83 Å². The molecule has 0 saturated carbocycles. The van der Waals surface area contributed by atoms with Crippen molar-refractivity contribution in [3.05, 3.63) is 51.0 Å². The molecule has 2 aromatic rings. The SMILES string of the molecule is Cc1cccnc1CC(Br)c1cc2c(s1)CCCCC2. The molecule has 0 N–H and O–H groups in total. The van der Waals surface area contributed by atoms with Crippen LogP contribution in [0.5, 0.6) is 0 Å². The van der Waals surface area contributed by atoms with E-state index in [9.17, 15) is 0 Å². The summed E-state index contributed by atoms with van der Waals surface area (Å²) >= 11 is 5.88. The van der Waals surface area contributed by atoms with E-state index in [4.69, 9.17) is 0 Å². The molecule has 3 heteroatoms.